The first-order chi connectivity index (χ1) is 8.64. The minimum atomic E-state index is -0.279. The lowest BCUT2D eigenvalue weighted by Gasteiger charge is -2.32. The van der Waals surface area contributed by atoms with Gasteiger partial charge in [0.05, 0.1) is 0 Å². The Morgan fingerprint density at radius 2 is 1.72 bits per heavy atom. The first-order valence-electron chi connectivity index (χ1n) is 7.49. The van der Waals surface area contributed by atoms with Gasteiger partial charge in [-0.2, -0.15) is 0 Å². The molecule has 0 radical (unpaired) electrons. The molecule has 0 aromatic carbocycles. The molecule has 0 saturated carbocycles. The molecule has 0 fully saturated rings. The van der Waals surface area contributed by atoms with Crippen molar-refractivity contribution in [2.45, 2.75) is 84.2 Å². The minimum Gasteiger partial charge on any atom is -0.456 e. The molecule has 0 heterocycles. The summed E-state index contributed by atoms with van der Waals surface area (Å²) in [6.07, 6.45) is 11.4. The lowest BCUT2D eigenvalue weighted by Crippen LogP contribution is -2.34. The minimum absolute atomic E-state index is 0.258. The Morgan fingerprint density at radius 1 is 1.06 bits per heavy atom. The molecular formula is C16H30O2. The van der Waals surface area contributed by atoms with Gasteiger partial charge in [0.1, 0.15) is 5.60 Å². The molecule has 18 heavy (non-hydrogen) atoms. The van der Waals surface area contributed by atoms with Crippen molar-refractivity contribution in [3.8, 4) is 0 Å². The number of esters is 1. The fourth-order valence-corrected chi connectivity index (χ4v) is 2.41. The number of hydrogen-bond donors (Lipinski definition) is 0. The van der Waals surface area contributed by atoms with E-state index in [1.165, 1.54) is 31.8 Å². The summed E-state index contributed by atoms with van der Waals surface area (Å²) in [4.78, 5) is 11.5. The zero-order valence-electron chi connectivity index (χ0n) is 12.5. The van der Waals surface area contributed by atoms with Gasteiger partial charge in [0.2, 0.25) is 0 Å². The van der Waals surface area contributed by atoms with E-state index in [1.807, 2.05) is 0 Å². The van der Waals surface area contributed by atoms with Crippen LogP contribution in [0.5, 0.6) is 0 Å². The Hall–Kier alpha value is -0.790. The molecule has 0 saturated heterocycles. The highest BCUT2D eigenvalue weighted by atomic mass is 16.6. The van der Waals surface area contributed by atoms with Gasteiger partial charge >= 0.3 is 5.97 Å². The molecule has 2 heteroatoms. The Bertz CT molecular complexity index is 235. The first kappa shape index (κ1) is 17.2. The largest absolute Gasteiger partial charge is 0.456 e. The summed E-state index contributed by atoms with van der Waals surface area (Å²) in [6, 6.07) is 0. The summed E-state index contributed by atoms with van der Waals surface area (Å²) in [5.41, 5.74) is -0.258. The molecule has 0 spiro atoms. The average Bonchev–Trinajstić information content (AvgIpc) is 2.38. The molecule has 106 valence electrons. The highest BCUT2D eigenvalue weighted by molar-refractivity contribution is 5.81. The van der Waals surface area contributed by atoms with Gasteiger partial charge in [0.15, 0.2) is 0 Å². The van der Waals surface area contributed by atoms with E-state index in [4.69, 9.17) is 4.74 Å². The molecule has 0 amide bonds. The van der Waals surface area contributed by atoms with Gasteiger partial charge in [-0.25, -0.2) is 4.79 Å². The predicted molar refractivity (Wildman–Crippen MR) is 77.6 cm³/mol. The monoisotopic (exact) mass is 254 g/mol. The molecule has 0 bridgehead atoms. The topological polar surface area (TPSA) is 26.3 Å². The van der Waals surface area contributed by atoms with Crippen LogP contribution in [0, 0.1) is 0 Å². The fraction of sp³-hybridized carbons (Fsp3) is 0.812. The quantitative estimate of drug-likeness (QED) is 0.294. The summed E-state index contributed by atoms with van der Waals surface area (Å²) in [5.74, 6) is -0.279. The van der Waals surface area contributed by atoms with Gasteiger partial charge in [0, 0.05) is 6.08 Å². The summed E-state index contributed by atoms with van der Waals surface area (Å²) in [7, 11) is 0. The molecule has 0 aromatic heterocycles. The lowest BCUT2D eigenvalue weighted by atomic mass is 9.88. The van der Waals surface area contributed by atoms with Crippen LogP contribution >= 0.6 is 0 Å². The van der Waals surface area contributed by atoms with Crippen LogP contribution < -0.4 is 0 Å². The lowest BCUT2D eigenvalue weighted by molar-refractivity contribution is -0.155. The second-order valence-electron chi connectivity index (χ2n) is 5.08. The Morgan fingerprint density at radius 3 is 2.22 bits per heavy atom. The molecular weight excluding hydrogens is 224 g/mol. The summed E-state index contributed by atoms with van der Waals surface area (Å²) < 4.78 is 5.63. The zero-order chi connectivity index (χ0) is 13.9. The van der Waals surface area contributed by atoms with Gasteiger partial charge in [-0.05, 0) is 25.7 Å². The van der Waals surface area contributed by atoms with Crippen LogP contribution in [0.1, 0.15) is 78.6 Å². The zero-order valence-corrected chi connectivity index (χ0v) is 12.5. The van der Waals surface area contributed by atoms with E-state index >= 15 is 0 Å². The van der Waals surface area contributed by atoms with Gasteiger partial charge < -0.3 is 4.74 Å². The summed E-state index contributed by atoms with van der Waals surface area (Å²) >= 11 is 0. The van der Waals surface area contributed by atoms with Gasteiger partial charge in [-0.15, -0.1) is 0 Å². The third-order valence-electron chi connectivity index (χ3n) is 3.57. The molecule has 0 aliphatic carbocycles. The standard InChI is InChI=1S/C16H30O2/c1-5-9-10-11-12-14-16(8-4,13-6-2)18-15(17)7-3/h7H,3,5-6,8-14H2,1-2,4H3. The second-order valence-corrected chi connectivity index (χ2v) is 5.08. The maximum atomic E-state index is 11.5. The Kier molecular flexibility index (Phi) is 9.72. The van der Waals surface area contributed by atoms with Crippen LogP contribution in [0.2, 0.25) is 0 Å². The molecule has 0 aliphatic rings. The number of unbranched alkanes of at least 4 members (excludes halogenated alkanes) is 4. The average molecular weight is 254 g/mol. The molecule has 0 rings (SSSR count). The highest BCUT2D eigenvalue weighted by Gasteiger charge is 2.30. The van der Waals surface area contributed by atoms with Crippen molar-refractivity contribution in [2.75, 3.05) is 0 Å². The van der Waals surface area contributed by atoms with E-state index in [0.29, 0.717) is 0 Å². The third kappa shape index (κ3) is 6.83. The van der Waals surface area contributed by atoms with E-state index in [2.05, 4.69) is 27.4 Å². The van der Waals surface area contributed by atoms with Crippen molar-refractivity contribution < 1.29 is 9.53 Å². The van der Waals surface area contributed by atoms with Crippen LogP contribution in [0.15, 0.2) is 12.7 Å². The number of rotatable bonds is 11. The maximum Gasteiger partial charge on any atom is 0.330 e. The Labute approximate surface area is 113 Å². The SMILES string of the molecule is C=CC(=O)OC(CC)(CCC)CCCCCCC. The normalized spacial score (nSPS) is 13.9. The van der Waals surface area contributed by atoms with Gasteiger partial charge in [0.25, 0.3) is 0 Å². The second kappa shape index (κ2) is 10.2. The number of ether oxygens (including phenoxy) is 1. The highest BCUT2D eigenvalue weighted by Crippen LogP contribution is 2.29. The van der Waals surface area contributed by atoms with Crippen LogP contribution in [-0.4, -0.2) is 11.6 Å². The summed E-state index contributed by atoms with van der Waals surface area (Å²) in [6.45, 7) is 9.96. The van der Waals surface area contributed by atoms with Crippen molar-refractivity contribution in [1.29, 1.82) is 0 Å². The van der Waals surface area contributed by atoms with Crippen molar-refractivity contribution in [3.63, 3.8) is 0 Å². The van der Waals surface area contributed by atoms with Crippen molar-refractivity contribution in [1.82, 2.24) is 0 Å². The summed E-state index contributed by atoms with van der Waals surface area (Å²) in [5, 5.41) is 0. The number of carbonyl (C=O) groups excluding carboxylic acids is 1. The van der Waals surface area contributed by atoms with Gasteiger partial charge in [-0.3, -0.25) is 0 Å². The van der Waals surface area contributed by atoms with E-state index in [1.54, 1.807) is 0 Å². The van der Waals surface area contributed by atoms with Crippen LogP contribution in [0.3, 0.4) is 0 Å². The predicted octanol–water partition coefficient (Wildman–Crippen LogP) is 5.03. The smallest absolute Gasteiger partial charge is 0.330 e. The van der Waals surface area contributed by atoms with Gasteiger partial charge in [-0.1, -0.05) is 59.5 Å². The molecule has 1 atom stereocenters. The van der Waals surface area contributed by atoms with E-state index in [9.17, 15) is 4.79 Å². The van der Waals surface area contributed by atoms with Crippen LogP contribution in [0.4, 0.5) is 0 Å². The fourth-order valence-electron chi connectivity index (χ4n) is 2.41. The Balaban J connectivity index is 4.26. The molecule has 2 nitrogen and oxygen atoms in total. The van der Waals surface area contributed by atoms with Crippen LogP contribution in [-0.2, 0) is 9.53 Å². The van der Waals surface area contributed by atoms with E-state index < -0.39 is 0 Å². The molecule has 1 unspecified atom stereocenters. The van der Waals surface area contributed by atoms with Crippen molar-refractivity contribution in [2.24, 2.45) is 0 Å². The van der Waals surface area contributed by atoms with Crippen molar-refractivity contribution in [3.05, 3.63) is 12.7 Å². The molecule has 0 aliphatic heterocycles. The van der Waals surface area contributed by atoms with E-state index in [0.717, 1.165) is 32.1 Å². The van der Waals surface area contributed by atoms with Crippen molar-refractivity contribution >= 4 is 5.97 Å². The molecule has 0 aromatic rings. The maximum absolute atomic E-state index is 11.5. The number of carbonyl (C=O) groups is 1. The van der Waals surface area contributed by atoms with Crippen LogP contribution in [0.25, 0.3) is 0 Å². The third-order valence-corrected chi connectivity index (χ3v) is 3.57. The first-order valence-corrected chi connectivity index (χ1v) is 7.49. The van der Waals surface area contributed by atoms with E-state index in [-0.39, 0.29) is 11.6 Å². The number of hydrogen-bond acceptors (Lipinski definition) is 2. The molecule has 0 N–H and O–H groups in total.